The number of phenols is 2. The molecule has 30 heavy (non-hydrogen) atoms. The number of para-hydroxylation sites is 1. The summed E-state index contributed by atoms with van der Waals surface area (Å²) in [5.74, 6) is -1.02. The van der Waals surface area contributed by atoms with Gasteiger partial charge >= 0.3 is 5.97 Å². The average molecular weight is 415 g/mol. The van der Waals surface area contributed by atoms with E-state index in [9.17, 15) is 19.8 Å². The molecule has 1 atom stereocenters. The molecule has 0 bridgehead atoms. The van der Waals surface area contributed by atoms with Crippen LogP contribution in [0.1, 0.15) is 38.8 Å². The number of aromatic hydroxyl groups is 2. The second-order valence-electron chi connectivity index (χ2n) is 7.93. The van der Waals surface area contributed by atoms with E-state index in [1.54, 1.807) is 19.1 Å². The minimum absolute atomic E-state index is 0.0942. The van der Waals surface area contributed by atoms with Gasteiger partial charge in [0, 0.05) is 6.42 Å². The highest BCUT2D eigenvalue weighted by atomic mass is 16.5. The van der Waals surface area contributed by atoms with Crippen molar-refractivity contribution in [2.24, 2.45) is 0 Å². The normalized spacial score (nSPS) is 12.1. The van der Waals surface area contributed by atoms with E-state index in [4.69, 9.17) is 9.47 Å². The molecule has 0 aromatic heterocycles. The highest BCUT2D eigenvalue weighted by Crippen LogP contribution is 2.31. The molecule has 0 aliphatic carbocycles. The molecule has 0 fully saturated rings. The van der Waals surface area contributed by atoms with Gasteiger partial charge in [-0.05, 0) is 41.7 Å². The molecule has 0 radical (unpaired) electrons. The molecule has 3 N–H and O–H groups in total. The van der Waals surface area contributed by atoms with Crippen molar-refractivity contribution < 1.29 is 29.3 Å². The Morgan fingerprint density at radius 2 is 1.77 bits per heavy atom. The fraction of sp³-hybridized carbons (Fsp3) is 0.391. The van der Waals surface area contributed by atoms with Crippen molar-refractivity contribution in [1.29, 1.82) is 0 Å². The molecule has 162 valence electrons. The van der Waals surface area contributed by atoms with Gasteiger partial charge in [0.2, 0.25) is 0 Å². The Morgan fingerprint density at radius 3 is 2.40 bits per heavy atom. The van der Waals surface area contributed by atoms with Crippen LogP contribution in [0.2, 0.25) is 0 Å². The fourth-order valence-electron chi connectivity index (χ4n) is 2.96. The summed E-state index contributed by atoms with van der Waals surface area (Å²) in [6.45, 7) is 7.75. The second-order valence-corrected chi connectivity index (χ2v) is 7.93. The molecule has 7 nitrogen and oxygen atoms in total. The summed E-state index contributed by atoms with van der Waals surface area (Å²) in [4.78, 5) is 24.8. The van der Waals surface area contributed by atoms with Crippen LogP contribution in [0.3, 0.4) is 0 Å². The zero-order valence-corrected chi connectivity index (χ0v) is 17.8. The van der Waals surface area contributed by atoms with Crippen molar-refractivity contribution in [2.45, 2.75) is 45.6 Å². The van der Waals surface area contributed by atoms with Gasteiger partial charge in [-0.2, -0.15) is 0 Å². The van der Waals surface area contributed by atoms with E-state index >= 15 is 0 Å². The van der Waals surface area contributed by atoms with E-state index in [1.807, 2.05) is 18.2 Å². The summed E-state index contributed by atoms with van der Waals surface area (Å²) in [6.07, 6.45) is 0.0942. The molecule has 0 spiro atoms. The SMILES string of the molecule is CCOC(=O)[C@H](Cc1ccc(O)c(O)c1)NC(=O)COc1ccccc1C(C)(C)C. The van der Waals surface area contributed by atoms with Gasteiger partial charge < -0.3 is 25.0 Å². The molecule has 0 saturated carbocycles. The zero-order valence-electron chi connectivity index (χ0n) is 17.8. The van der Waals surface area contributed by atoms with Crippen LogP contribution in [-0.4, -0.2) is 41.3 Å². The van der Waals surface area contributed by atoms with Gasteiger partial charge in [0.15, 0.2) is 18.1 Å². The second kappa shape index (κ2) is 10.0. The van der Waals surface area contributed by atoms with E-state index in [0.29, 0.717) is 11.3 Å². The Balaban J connectivity index is 2.07. The lowest BCUT2D eigenvalue weighted by Crippen LogP contribution is -2.45. The van der Waals surface area contributed by atoms with Crippen molar-refractivity contribution in [3.05, 3.63) is 53.6 Å². The highest BCUT2D eigenvalue weighted by Gasteiger charge is 2.24. The Kier molecular flexibility index (Phi) is 7.69. The van der Waals surface area contributed by atoms with Crippen LogP contribution in [0.5, 0.6) is 17.2 Å². The Hall–Kier alpha value is -3.22. The van der Waals surface area contributed by atoms with Crippen LogP contribution in [0.25, 0.3) is 0 Å². The van der Waals surface area contributed by atoms with Gasteiger partial charge in [0.05, 0.1) is 6.61 Å². The Bertz CT molecular complexity index is 888. The van der Waals surface area contributed by atoms with E-state index < -0.39 is 17.9 Å². The van der Waals surface area contributed by atoms with Crippen molar-refractivity contribution in [3.63, 3.8) is 0 Å². The summed E-state index contributed by atoms with van der Waals surface area (Å²) in [5.41, 5.74) is 1.38. The van der Waals surface area contributed by atoms with E-state index in [1.165, 1.54) is 12.1 Å². The summed E-state index contributed by atoms with van der Waals surface area (Å²) in [6, 6.07) is 10.8. The molecule has 0 saturated heterocycles. The number of amides is 1. The lowest BCUT2D eigenvalue weighted by molar-refractivity contribution is -0.147. The summed E-state index contributed by atoms with van der Waals surface area (Å²) >= 11 is 0. The van der Waals surface area contributed by atoms with E-state index in [0.717, 1.165) is 5.56 Å². The fourth-order valence-corrected chi connectivity index (χ4v) is 2.96. The molecular formula is C23H29NO6. The first kappa shape index (κ1) is 23.1. The third-order valence-corrected chi connectivity index (χ3v) is 4.44. The number of benzene rings is 2. The van der Waals surface area contributed by atoms with E-state index in [2.05, 4.69) is 26.1 Å². The Labute approximate surface area is 176 Å². The number of hydrogen-bond acceptors (Lipinski definition) is 6. The van der Waals surface area contributed by atoms with Gasteiger partial charge in [-0.25, -0.2) is 4.79 Å². The third-order valence-electron chi connectivity index (χ3n) is 4.44. The first-order valence-electron chi connectivity index (χ1n) is 9.81. The number of esters is 1. The predicted molar refractivity (Wildman–Crippen MR) is 113 cm³/mol. The minimum Gasteiger partial charge on any atom is -0.504 e. The highest BCUT2D eigenvalue weighted by molar-refractivity contribution is 5.85. The summed E-state index contributed by atoms with van der Waals surface area (Å²) < 4.78 is 10.8. The van der Waals surface area contributed by atoms with Crippen LogP contribution in [0.15, 0.2) is 42.5 Å². The molecule has 0 heterocycles. The maximum absolute atomic E-state index is 12.5. The molecule has 0 aliphatic rings. The number of hydrogen-bond donors (Lipinski definition) is 3. The Morgan fingerprint density at radius 1 is 1.07 bits per heavy atom. The van der Waals surface area contributed by atoms with Crippen molar-refractivity contribution >= 4 is 11.9 Å². The topological polar surface area (TPSA) is 105 Å². The third kappa shape index (κ3) is 6.40. The molecule has 2 rings (SSSR count). The largest absolute Gasteiger partial charge is 0.504 e. The number of nitrogens with one attached hydrogen (secondary N) is 1. The van der Waals surface area contributed by atoms with Crippen molar-refractivity contribution in [1.82, 2.24) is 5.32 Å². The molecule has 0 aliphatic heterocycles. The molecule has 0 unspecified atom stereocenters. The van der Waals surface area contributed by atoms with E-state index in [-0.39, 0.29) is 36.5 Å². The first-order valence-corrected chi connectivity index (χ1v) is 9.81. The standard InChI is InChI=1S/C23H29NO6/c1-5-29-22(28)17(12-15-10-11-18(25)19(26)13-15)24-21(27)14-30-20-9-7-6-8-16(20)23(2,3)4/h6-11,13,17,25-26H,5,12,14H2,1-4H3,(H,24,27)/t17-/m0/s1. The van der Waals surface area contributed by atoms with Crippen molar-refractivity contribution in [2.75, 3.05) is 13.2 Å². The molecule has 2 aromatic rings. The minimum atomic E-state index is -0.956. The lowest BCUT2D eigenvalue weighted by Gasteiger charge is -2.23. The van der Waals surface area contributed by atoms with Crippen LogP contribution < -0.4 is 10.1 Å². The smallest absolute Gasteiger partial charge is 0.328 e. The number of rotatable bonds is 8. The van der Waals surface area contributed by atoms with Crippen LogP contribution in [-0.2, 0) is 26.2 Å². The van der Waals surface area contributed by atoms with Gasteiger partial charge in [-0.15, -0.1) is 0 Å². The van der Waals surface area contributed by atoms with Gasteiger partial charge in [0.1, 0.15) is 11.8 Å². The lowest BCUT2D eigenvalue weighted by atomic mass is 9.86. The van der Waals surface area contributed by atoms with Gasteiger partial charge in [0.25, 0.3) is 5.91 Å². The number of carbonyl (C=O) groups is 2. The summed E-state index contributed by atoms with van der Waals surface area (Å²) in [5, 5.41) is 21.7. The maximum Gasteiger partial charge on any atom is 0.328 e. The van der Waals surface area contributed by atoms with Crippen LogP contribution in [0, 0.1) is 0 Å². The predicted octanol–water partition coefficient (Wildman–Crippen LogP) is 3.06. The number of phenolic OH excluding ortho intramolecular Hbond substituents is 2. The van der Waals surface area contributed by atoms with Crippen LogP contribution >= 0.6 is 0 Å². The number of carbonyl (C=O) groups excluding carboxylic acids is 2. The van der Waals surface area contributed by atoms with Gasteiger partial charge in [-0.1, -0.05) is 45.0 Å². The molecule has 2 aromatic carbocycles. The number of ether oxygens (including phenoxy) is 2. The maximum atomic E-state index is 12.5. The monoisotopic (exact) mass is 415 g/mol. The molecule has 1 amide bonds. The zero-order chi connectivity index (χ0) is 22.3. The molecule has 7 heteroatoms. The van der Waals surface area contributed by atoms with Crippen molar-refractivity contribution in [3.8, 4) is 17.2 Å². The first-order chi connectivity index (χ1) is 14.1. The van der Waals surface area contributed by atoms with Crippen LogP contribution in [0.4, 0.5) is 0 Å². The summed E-state index contributed by atoms with van der Waals surface area (Å²) in [7, 11) is 0. The molecular weight excluding hydrogens is 386 g/mol. The van der Waals surface area contributed by atoms with Gasteiger partial charge in [-0.3, -0.25) is 4.79 Å². The average Bonchev–Trinajstić information content (AvgIpc) is 2.68. The quantitative estimate of drug-likeness (QED) is 0.452.